The minimum atomic E-state index is 0.235. The maximum atomic E-state index is 6.19. The van der Waals surface area contributed by atoms with Crippen LogP contribution in [0.5, 0.6) is 0 Å². The third kappa shape index (κ3) is 4.56. The molecule has 0 aliphatic carbocycles. The van der Waals surface area contributed by atoms with E-state index in [1.807, 2.05) is 12.1 Å². The number of hydrogen-bond donors (Lipinski definition) is 2. The average molecular weight is 371 g/mol. The van der Waals surface area contributed by atoms with Gasteiger partial charge in [-0.05, 0) is 25.0 Å². The Kier molecular flexibility index (Phi) is 6.27. The zero-order chi connectivity index (χ0) is 15.2. The summed E-state index contributed by atoms with van der Waals surface area (Å²) in [4.78, 5) is 7.70. The molecule has 5 heteroatoms. The number of aromatic nitrogens is 2. The second-order valence-electron chi connectivity index (χ2n) is 5.18. The molecule has 0 spiro atoms. The molecule has 2 rings (SSSR count). The predicted molar refractivity (Wildman–Crippen MR) is 91.6 cm³/mol. The third-order valence-corrected chi connectivity index (χ3v) is 4.54. The number of rotatable bonds is 7. The van der Waals surface area contributed by atoms with Crippen molar-refractivity contribution in [3.8, 4) is 0 Å². The van der Waals surface area contributed by atoms with Crippen LogP contribution in [0.4, 0.5) is 0 Å². The minimum Gasteiger partial charge on any atom is -0.344 e. The third-order valence-electron chi connectivity index (χ3n) is 3.50. The van der Waals surface area contributed by atoms with Gasteiger partial charge in [0, 0.05) is 23.5 Å². The summed E-state index contributed by atoms with van der Waals surface area (Å²) >= 11 is 9.78. The maximum absolute atomic E-state index is 6.19. The highest BCUT2D eigenvalue weighted by atomic mass is 79.9. The van der Waals surface area contributed by atoms with Crippen LogP contribution < -0.4 is 5.32 Å². The molecule has 0 bridgehead atoms. The van der Waals surface area contributed by atoms with E-state index in [0.29, 0.717) is 11.7 Å². The normalized spacial score (nSPS) is 12.6. The monoisotopic (exact) mass is 369 g/mol. The largest absolute Gasteiger partial charge is 0.344 e. The molecule has 1 aromatic heterocycles. The van der Waals surface area contributed by atoms with Gasteiger partial charge in [-0.1, -0.05) is 59.1 Å². The van der Waals surface area contributed by atoms with Gasteiger partial charge in [-0.2, -0.15) is 0 Å². The molecule has 1 heterocycles. The summed E-state index contributed by atoms with van der Waals surface area (Å²) in [5.41, 5.74) is 2.20. The van der Waals surface area contributed by atoms with E-state index in [2.05, 4.69) is 57.2 Å². The van der Waals surface area contributed by atoms with Crippen molar-refractivity contribution in [2.24, 2.45) is 0 Å². The van der Waals surface area contributed by atoms with Gasteiger partial charge in [0.25, 0.3) is 0 Å². The van der Waals surface area contributed by atoms with Gasteiger partial charge in [0.2, 0.25) is 0 Å². The number of unbranched alkanes of at least 4 members (excludes halogenated alkanes) is 1. The molecule has 0 aliphatic rings. The lowest BCUT2D eigenvalue weighted by atomic mass is 10.1. The molecule has 0 unspecified atom stereocenters. The number of imidazole rings is 1. The number of halogens is 2. The van der Waals surface area contributed by atoms with Crippen molar-refractivity contribution in [3.05, 3.63) is 51.0 Å². The van der Waals surface area contributed by atoms with Gasteiger partial charge < -0.3 is 10.3 Å². The second-order valence-corrected chi connectivity index (χ2v) is 6.39. The van der Waals surface area contributed by atoms with Gasteiger partial charge in [0.1, 0.15) is 5.82 Å². The Bertz CT molecular complexity index is 583. The van der Waals surface area contributed by atoms with E-state index >= 15 is 0 Å². The van der Waals surface area contributed by atoms with E-state index in [1.165, 1.54) is 5.56 Å². The quantitative estimate of drug-likeness (QED) is 0.718. The van der Waals surface area contributed by atoms with Crippen LogP contribution in [-0.2, 0) is 13.0 Å². The van der Waals surface area contributed by atoms with Crippen molar-refractivity contribution in [3.63, 3.8) is 0 Å². The van der Waals surface area contributed by atoms with Crippen molar-refractivity contribution >= 4 is 27.5 Å². The standard InChI is InChI=1S/C16H21BrClN3/c1-3-4-9-15-20-14(16(18)21-15)10-19-11(2)12-7-5-6-8-13(12)17/h5-8,11,19H,3-4,9-10H2,1-2H3,(H,20,21)/t11-/m0/s1. The molecule has 3 nitrogen and oxygen atoms in total. The number of aryl methyl sites for hydroxylation is 1. The van der Waals surface area contributed by atoms with Gasteiger partial charge in [0.15, 0.2) is 5.15 Å². The molecule has 0 fully saturated rings. The molecule has 1 atom stereocenters. The topological polar surface area (TPSA) is 40.7 Å². The Labute approximate surface area is 139 Å². The molecule has 114 valence electrons. The zero-order valence-electron chi connectivity index (χ0n) is 12.4. The molecule has 0 amide bonds. The average Bonchev–Trinajstić information content (AvgIpc) is 2.83. The van der Waals surface area contributed by atoms with E-state index in [-0.39, 0.29) is 6.04 Å². The van der Waals surface area contributed by atoms with E-state index in [1.54, 1.807) is 0 Å². The first-order valence-electron chi connectivity index (χ1n) is 7.32. The highest BCUT2D eigenvalue weighted by Crippen LogP contribution is 2.23. The van der Waals surface area contributed by atoms with Crippen LogP contribution in [0.25, 0.3) is 0 Å². The fraction of sp³-hybridized carbons (Fsp3) is 0.438. The molecule has 1 aromatic carbocycles. The Hall–Kier alpha value is -0.840. The number of nitrogens with one attached hydrogen (secondary N) is 2. The summed E-state index contributed by atoms with van der Waals surface area (Å²) < 4.78 is 1.12. The lowest BCUT2D eigenvalue weighted by Crippen LogP contribution is -2.18. The Balaban J connectivity index is 1.96. The number of H-pyrrole nitrogens is 1. The molecule has 0 saturated heterocycles. The number of hydrogen-bond acceptors (Lipinski definition) is 2. The number of aromatic amines is 1. The van der Waals surface area contributed by atoms with Crippen molar-refractivity contribution in [1.29, 1.82) is 0 Å². The van der Waals surface area contributed by atoms with Crippen LogP contribution in [0, 0.1) is 0 Å². The van der Waals surface area contributed by atoms with Gasteiger partial charge in [-0.25, -0.2) is 4.98 Å². The highest BCUT2D eigenvalue weighted by molar-refractivity contribution is 9.10. The van der Waals surface area contributed by atoms with Crippen LogP contribution in [-0.4, -0.2) is 9.97 Å². The van der Waals surface area contributed by atoms with Gasteiger partial charge in [-0.15, -0.1) is 0 Å². The van der Waals surface area contributed by atoms with E-state index in [4.69, 9.17) is 11.6 Å². The molecule has 0 aliphatic heterocycles. The van der Waals surface area contributed by atoms with Crippen molar-refractivity contribution in [2.45, 2.75) is 45.7 Å². The Morgan fingerprint density at radius 1 is 1.38 bits per heavy atom. The van der Waals surface area contributed by atoms with Crippen LogP contribution in [0.2, 0.25) is 5.15 Å². The first-order chi connectivity index (χ1) is 10.1. The number of benzene rings is 1. The summed E-state index contributed by atoms with van der Waals surface area (Å²) in [7, 11) is 0. The van der Waals surface area contributed by atoms with Crippen molar-refractivity contribution < 1.29 is 0 Å². The van der Waals surface area contributed by atoms with Gasteiger partial charge >= 0.3 is 0 Å². The number of nitrogens with zero attached hydrogens (tertiary/aromatic N) is 1. The summed E-state index contributed by atoms with van der Waals surface area (Å²) in [6.45, 7) is 5.00. The Morgan fingerprint density at radius 2 is 2.14 bits per heavy atom. The summed E-state index contributed by atoms with van der Waals surface area (Å²) in [5, 5.41) is 4.06. The minimum absolute atomic E-state index is 0.235. The smallest absolute Gasteiger partial charge is 0.151 e. The van der Waals surface area contributed by atoms with Crippen LogP contribution in [0.1, 0.15) is 49.8 Å². The summed E-state index contributed by atoms with van der Waals surface area (Å²) in [6, 6.07) is 8.47. The maximum Gasteiger partial charge on any atom is 0.151 e. The van der Waals surface area contributed by atoms with E-state index in [0.717, 1.165) is 35.3 Å². The first kappa shape index (κ1) is 16.5. The van der Waals surface area contributed by atoms with Crippen LogP contribution in [0.3, 0.4) is 0 Å². The van der Waals surface area contributed by atoms with Crippen LogP contribution in [0.15, 0.2) is 28.7 Å². The zero-order valence-corrected chi connectivity index (χ0v) is 14.8. The molecule has 2 aromatic rings. The van der Waals surface area contributed by atoms with Crippen molar-refractivity contribution in [2.75, 3.05) is 0 Å². The first-order valence-corrected chi connectivity index (χ1v) is 8.50. The van der Waals surface area contributed by atoms with E-state index in [9.17, 15) is 0 Å². The predicted octanol–water partition coefficient (Wildman–Crippen LogP) is 5.02. The fourth-order valence-corrected chi connectivity index (χ4v) is 3.06. The summed E-state index contributed by atoms with van der Waals surface area (Å²) in [5.74, 6) is 0.979. The fourth-order valence-electron chi connectivity index (χ4n) is 2.21. The van der Waals surface area contributed by atoms with Gasteiger partial charge in [0.05, 0.1) is 5.69 Å². The molecule has 2 N–H and O–H groups in total. The van der Waals surface area contributed by atoms with Crippen molar-refractivity contribution in [1.82, 2.24) is 15.3 Å². The highest BCUT2D eigenvalue weighted by Gasteiger charge is 2.11. The molecular weight excluding hydrogens is 350 g/mol. The van der Waals surface area contributed by atoms with Crippen LogP contribution >= 0.6 is 27.5 Å². The molecule has 0 saturated carbocycles. The lowest BCUT2D eigenvalue weighted by Gasteiger charge is -2.15. The lowest BCUT2D eigenvalue weighted by molar-refractivity contribution is 0.566. The molecule has 0 radical (unpaired) electrons. The Morgan fingerprint density at radius 3 is 2.86 bits per heavy atom. The second kappa shape index (κ2) is 7.97. The molecule has 21 heavy (non-hydrogen) atoms. The molecular formula is C16H21BrClN3. The summed E-state index contributed by atoms with van der Waals surface area (Å²) in [6.07, 6.45) is 3.24. The van der Waals surface area contributed by atoms with Gasteiger partial charge in [-0.3, -0.25) is 0 Å². The van der Waals surface area contributed by atoms with E-state index < -0.39 is 0 Å². The SMILES string of the molecule is CCCCc1nc(Cl)c(CN[C@@H](C)c2ccccc2Br)[nH]1.